The predicted octanol–water partition coefficient (Wildman–Crippen LogP) is 2.01. The second-order valence-electron chi connectivity index (χ2n) is 5.07. The van der Waals surface area contributed by atoms with Crippen LogP contribution >= 0.6 is 12.4 Å². The highest BCUT2D eigenvalue weighted by molar-refractivity contribution is 5.85. The Kier molecular flexibility index (Phi) is 6.82. The van der Waals surface area contributed by atoms with E-state index in [0.717, 1.165) is 30.8 Å². The fraction of sp³-hybridized carbons (Fsp3) is 0.533. The van der Waals surface area contributed by atoms with E-state index in [0.29, 0.717) is 19.1 Å². The summed E-state index contributed by atoms with van der Waals surface area (Å²) in [6, 6.07) is 8.23. The average molecular weight is 299 g/mol. The number of nitrogens with zero attached hydrogens (tertiary/aromatic N) is 1. The largest absolute Gasteiger partial charge is 0.493 e. The summed E-state index contributed by atoms with van der Waals surface area (Å²) in [4.78, 5) is 13.9. The van der Waals surface area contributed by atoms with Crippen LogP contribution in [0.15, 0.2) is 24.3 Å². The lowest BCUT2D eigenvalue weighted by Crippen LogP contribution is -2.38. The SMILES string of the molecule is Cc1cccc(OCCC(=O)N(C)C2CCNC2)c1.Cl. The third-order valence-electron chi connectivity index (χ3n) is 3.55. The van der Waals surface area contributed by atoms with Gasteiger partial charge in [-0.05, 0) is 37.6 Å². The van der Waals surface area contributed by atoms with Crippen molar-refractivity contribution in [2.75, 3.05) is 26.7 Å². The van der Waals surface area contributed by atoms with Gasteiger partial charge in [0.1, 0.15) is 5.75 Å². The molecule has 0 aliphatic carbocycles. The number of carbonyl (C=O) groups excluding carboxylic acids is 1. The third-order valence-corrected chi connectivity index (χ3v) is 3.55. The van der Waals surface area contributed by atoms with Gasteiger partial charge in [0.2, 0.25) is 5.91 Å². The second kappa shape index (κ2) is 8.12. The topological polar surface area (TPSA) is 41.6 Å². The first kappa shape index (κ1) is 16.8. The van der Waals surface area contributed by atoms with Crippen molar-refractivity contribution < 1.29 is 9.53 Å². The zero-order valence-electron chi connectivity index (χ0n) is 12.1. The van der Waals surface area contributed by atoms with Crippen molar-refractivity contribution in [3.8, 4) is 5.75 Å². The summed E-state index contributed by atoms with van der Waals surface area (Å²) in [5.74, 6) is 0.985. The molecule has 0 bridgehead atoms. The number of rotatable bonds is 5. The van der Waals surface area contributed by atoms with Crippen molar-refractivity contribution in [1.82, 2.24) is 10.2 Å². The van der Waals surface area contributed by atoms with Crippen LogP contribution in [0.3, 0.4) is 0 Å². The molecule has 0 aromatic heterocycles. The summed E-state index contributed by atoms with van der Waals surface area (Å²) in [5.41, 5.74) is 1.16. The summed E-state index contributed by atoms with van der Waals surface area (Å²) in [7, 11) is 1.88. The van der Waals surface area contributed by atoms with Gasteiger partial charge in [0.15, 0.2) is 0 Å². The molecule has 112 valence electrons. The van der Waals surface area contributed by atoms with Crippen molar-refractivity contribution in [3.63, 3.8) is 0 Å². The number of amides is 1. The van der Waals surface area contributed by atoms with E-state index >= 15 is 0 Å². The number of hydrogen-bond acceptors (Lipinski definition) is 3. The van der Waals surface area contributed by atoms with Crippen molar-refractivity contribution in [3.05, 3.63) is 29.8 Å². The first-order valence-electron chi connectivity index (χ1n) is 6.82. The van der Waals surface area contributed by atoms with Gasteiger partial charge in [-0.25, -0.2) is 0 Å². The maximum Gasteiger partial charge on any atom is 0.226 e. The van der Waals surface area contributed by atoms with Crippen LogP contribution in [0.4, 0.5) is 0 Å². The van der Waals surface area contributed by atoms with Crippen molar-refractivity contribution in [2.24, 2.45) is 0 Å². The number of likely N-dealkylation sites (N-methyl/N-ethyl adjacent to an activating group) is 1. The molecule has 1 aliphatic rings. The van der Waals surface area contributed by atoms with Crippen LogP contribution < -0.4 is 10.1 Å². The predicted molar refractivity (Wildman–Crippen MR) is 82.6 cm³/mol. The van der Waals surface area contributed by atoms with Gasteiger partial charge in [0, 0.05) is 19.6 Å². The maximum absolute atomic E-state index is 12.0. The molecule has 1 N–H and O–H groups in total. The molecule has 1 atom stereocenters. The smallest absolute Gasteiger partial charge is 0.226 e. The van der Waals surface area contributed by atoms with Gasteiger partial charge in [-0.1, -0.05) is 12.1 Å². The summed E-state index contributed by atoms with van der Waals surface area (Å²) >= 11 is 0. The molecule has 1 aromatic rings. The first-order chi connectivity index (χ1) is 9.16. The number of halogens is 1. The number of hydrogen-bond donors (Lipinski definition) is 1. The van der Waals surface area contributed by atoms with Crippen molar-refractivity contribution in [1.29, 1.82) is 0 Å². The molecule has 0 saturated carbocycles. The summed E-state index contributed by atoms with van der Waals surface area (Å²) in [6.07, 6.45) is 1.47. The zero-order chi connectivity index (χ0) is 13.7. The fourth-order valence-corrected chi connectivity index (χ4v) is 2.31. The molecule has 1 unspecified atom stereocenters. The number of ether oxygens (including phenoxy) is 1. The molecule has 1 fully saturated rings. The maximum atomic E-state index is 12.0. The highest BCUT2D eigenvalue weighted by Gasteiger charge is 2.22. The molecular weight excluding hydrogens is 276 g/mol. The van der Waals surface area contributed by atoms with E-state index in [2.05, 4.69) is 5.32 Å². The van der Waals surface area contributed by atoms with Crippen LogP contribution in [0.1, 0.15) is 18.4 Å². The Morgan fingerprint density at radius 2 is 2.30 bits per heavy atom. The first-order valence-corrected chi connectivity index (χ1v) is 6.82. The quantitative estimate of drug-likeness (QED) is 0.904. The molecule has 2 rings (SSSR count). The molecule has 1 heterocycles. The van der Waals surface area contributed by atoms with E-state index in [1.54, 1.807) is 0 Å². The van der Waals surface area contributed by atoms with E-state index in [1.165, 1.54) is 0 Å². The highest BCUT2D eigenvalue weighted by Crippen LogP contribution is 2.13. The average Bonchev–Trinajstić information content (AvgIpc) is 2.91. The van der Waals surface area contributed by atoms with Crippen LogP contribution in [0.25, 0.3) is 0 Å². The van der Waals surface area contributed by atoms with Gasteiger partial charge in [-0.2, -0.15) is 0 Å². The Morgan fingerprint density at radius 3 is 2.95 bits per heavy atom. The summed E-state index contributed by atoms with van der Waals surface area (Å²) in [5, 5.41) is 3.27. The van der Waals surface area contributed by atoms with Crippen molar-refractivity contribution >= 4 is 18.3 Å². The monoisotopic (exact) mass is 298 g/mol. The van der Waals surface area contributed by atoms with Gasteiger partial charge >= 0.3 is 0 Å². The van der Waals surface area contributed by atoms with E-state index in [1.807, 2.05) is 43.1 Å². The van der Waals surface area contributed by atoms with Gasteiger partial charge in [0.25, 0.3) is 0 Å². The number of aryl methyl sites for hydroxylation is 1. The Morgan fingerprint density at radius 1 is 1.50 bits per heavy atom. The molecule has 1 amide bonds. The van der Waals surface area contributed by atoms with Crippen LogP contribution in [0.2, 0.25) is 0 Å². The number of carbonyl (C=O) groups is 1. The van der Waals surface area contributed by atoms with E-state index in [4.69, 9.17) is 4.74 Å². The molecule has 1 aromatic carbocycles. The van der Waals surface area contributed by atoms with Gasteiger partial charge in [-0.15, -0.1) is 12.4 Å². The summed E-state index contributed by atoms with van der Waals surface area (Å²) in [6.45, 7) is 4.37. The van der Waals surface area contributed by atoms with E-state index < -0.39 is 0 Å². The standard InChI is InChI=1S/C15H22N2O2.ClH/c1-12-4-3-5-14(10-12)19-9-7-15(18)17(2)13-6-8-16-11-13;/h3-5,10,13,16H,6-9,11H2,1-2H3;1H. The number of nitrogens with one attached hydrogen (secondary N) is 1. The Balaban J connectivity index is 0.00000200. The minimum atomic E-state index is 0. The molecule has 1 saturated heterocycles. The van der Waals surface area contributed by atoms with Crippen molar-refractivity contribution in [2.45, 2.75) is 25.8 Å². The highest BCUT2D eigenvalue weighted by atomic mass is 35.5. The third kappa shape index (κ3) is 4.69. The molecule has 0 spiro atoms. The van der Waals surface area contributed by atoms with Gasteiger partial charge in [0.05, 0.1) is 13.0 Å². The van der Waals surface area contributed by atoms with Gasteiger partial charge < -0.3 is 15.0 Å². The fourth-order valence-electron chi connectivity index (χ4n) is 2.31. The summed E-state index contributed by atoms with van der Waals surface area (Å²) < 4.78 is 5.61. The lowest BCUT2D eigenvalue weighted by atomic mass is 10.2. The van der Waals surface area contributed by atoms with Crippen LogP contribution in [0.5, 0.6) is 5.75 Å². The zero-order valence-corrected chi connectivity index (χ0v) is 12.9. The molecule has 0 radical (unpaired) electrons. The lowest BCUT2D eigenvalue weighted by molar-refractivity contribution is -0.132. The molecule has 4 nitrogen and oxygen atoms in total. The second-order valence-corrected chi connectivity index (χ2v) is 5.07. The van der Waals surface area contributed by atoms with Gasteiger partial charge in [-0.3, -0.25) is 4.79 Å². The molecule has 5 heteroatoms. The molecule has 1 aliphatic heterocycles. The lowest BCUT2D eigenvalue weighted by Gasteiger charge is -2.23. The van der Waals surface area contributed by atoms with Crippen LogP contribution in [-0.4, -0.2) is 43.6 Å². The van der Waals surface area contributed by atoms with Crippen LogP contribution in [0, 0.1) is 6.92 Å². The molecule has 20 heavy (non-hydrogen) atoms. The Bertz CT molecular complexity index is 434. The normalized spacial score (nSPS) is 17.4. The Hall–Kier alpha value is -1.26. The van der Waals surface area contributed by atoms with E-state index in [-0.39, 0.29) is 18.3 Å². The number of benzene rings is 1. The minimum Gasteiger partial charge on any atom is -0.493 e. The Labute approximate surface area is 126 Å². The minimum absolute atomic E-state index is 0. The molecular formula is C15H23ClN2O2. The van der Waals surface area contributed by atoms with Crippen LogP contribution in [-0.2, 0) is 4.79 Å². The van der Waals surface area contributed by atoms with E-state index in [9.17, 15) is 4.79 Å².